The molecule has 1 aliphatic rings. The molecule has 0 aromatic carbocycles. The van der Waals surface area contributed by atoms with Gasteiger partial charge in [0.2, 0.25) is 0 Å². The number of rotatable bonds is 35. The lowest BCUT2D eigenvalue weighted by Crippen LogP contribution is -2.48. The summed E-state index contributed by atoms with van der Waals surface area (Å²) in [7, 11) is 2.23. The van der Waals surface area contributed by atoms with Crippen molar-refractivity contribution in [1.29, 1.82) is 0 Å². The third-order valence-electron chi connectivity index (χ3n) is 9.55. The highest BCUT2D eigenvalue weighted by Crippen LogP contribution is 2.12. The molecule has 4 nitrogen and oxygen atoms in total. The molecule has 0 N–H and O–H groups in total. The van der Waals surface area contributed by atoms with Gasteiger partial charge in [-0.2, -0.15) is 0 Å². The van der Waals surface area contributed by atoms with E-state index in [4.69, 9.17) is 9.47 Å². The monoisotopic (exact) mass is 671 g/mol. The molecule has 0 spiro atoms. The second-order valence-electron chi connectivity index (χ2n) is 14.3. The van der Waals surface area contributed by atoms with Gasteiger partial charge in [-0.05, 0) is 84.1 Å². The predicted octanol–water partition coefficient (Wildman–Crippen LogP) is 12.3. The summed E-state index contributed by atoms with van der Waals surface area (Å²) in [4.78, 5) is 5.01. The van der Waals surface area contributed by atoms with Gasteiger partial charge in [0, 0.05) is 45.9 Å². The number of likely N-dealkylation sites (N-methyl/N-ethyl adjacent to an activating group) is 1. The Kier molecular flexibility index (Phi) is 34.6. The summed E-state index contributed by atoms with van der Waals surface area (Å²) in [6.07, 6.45) is 49.8. The molecule has 280 valence electrons. The summed E-state index contributed by atoms with van der Waals surface area (Å²) in [6.45, 7) is 12.7. The van der Waals surface area contributed by atoms with Crippen molar-refractivity contribution in [2.24, 2.45) is 0 Å². The van der Waals surface area contributed by atoms with E-state index < -0.39 is 0 Å². The van der Waals surface area contributed by atoms with Gasteiger partial charge in [-0.3, -0.25) is 4.90 Å². The summed E-state index contributed by atoms with van der Waals surface area (Å²) in [6, 6.07) is 0. The van der Waals surface area contributed by atoms with Gasteiger partial charge in [0.25, 0.3) is 0 Å². The molecule has 4 heteroatoms. The predicted molar refractivity (Wildman–Crippen MR) is 213 cm³/mol. The van der Waals surface area contributed by atoms with E-state index in [0.717, 1.165) is 65.4 Å². The molecule has 48 heavy (non-hydrogen) atoms. The molecule has 0 aliphatic carbocycles. The number of piperazine rings is 1. The van der Waals surface area contributed by atoms with Gasteiger partial charge in [0.1, 0.15) is 0 Å². The van der Waals surface area contributed by atoms with Crippen LogP contribution in [-0.2, 0) is 9.47 Å². The van der Waals surface area contributed by atoms with Gasteiger partial charge in [0.05, 0.1) is 12.7 Å². The zero-order valence-corrected chi connectivity index (χ0v) is 32.5. The van der Waals surface area contributed by atoms with Crippen molar-refractivity contribution in [1.82, 2.24) is 9.80 Å². The van der Waals surface area contributed by atoms with Gasteiger partial charge in [-0.25, -0.2) is 0 Å². The molecule has 1 heterocycles. The lowest BCUT2D eigenvalue weighted by molar-refractivity contribution is -0.0388. The third kappa shape index (κ3) is 32.0. The highest BCUT2D eigenvalue weighted by Gasteiger charge is 2.19. The van der Waals surface area contributed by atoms with Crippen LogP contribution < -0.4 is 0 Å². The van der Waals surface area contributed by atoms with E-state index in [1.807, 2.05) is 0 Å². The average Bonchev–Trinajstić information content (AvgIpc) is 3.09. The molecule has 1 unspecified atom stereocenters. The quantitative estimate of drug-likeness (QED) is 0.0495. The van der Waals surface area contributed by atoms with Crippen molar-refractivity contribution in [2.75, 3.05) is 59.6 Å². The Bertz CT molecular complexity index is 753. The Balaban J connectivity index is 2.05. The van der Waals surface area contributed by atoms with E-state index in [1.54, 1.807) is 0 Å². The lowest BCUT2D eigenvalue weighted by Gasteiger charge is -2.34. The van der Waals surface area contributed by atoms with Crippen molar-refractivity contribution in [3.63, 3.8) is 0 Å². The molecule has 0 aromatic rings. The van der Waals surface area contributed by atoms with E-state index in [-0.39, 0.29) is 6.10 Å². The van der Waals surface area contributed by atoms with Crippen LogP contribution in [-0.4, -0.2) is 75.5 Å². The maximum atomic E-state index is 6.42. The number of nitrogens with zero attached hydrogens (tertiary/aromatic N) is 2. The highest BCUT2D eigenvalue weighted by atomic mass is 16.5. The normalized spacial score (nSPS) is 15.7. The fourth-order valence-corrected chi connectivity index (χ4v) is 6.22. The molecule has 0 saturated carbocycles. The Hall–Kier alpha value is -1.20. The Morgan fingerprint density at radius 3 is 1.38 bits per heavy atom. The first-order valence-corrected chi connectivity index (χ1v) is 21.0. The molecule has 0 aromatic heterocycles. The van der Waals surface area contributed by atoms with Crippen LogP contribution >= 0.6 is 0 Å². The number of ether oxygens (including phenoxy) is 2. The molecule has 1 aliphatic heterocycles. The molecule has 1 fully saturated rings. The summed E-state index contributed by atoms with van der Waals surface area (Å²) < 4.78 is 12.6. The van der Waals surface area contributed by atoms with Crippen molar-refractivity contribution in [3.8, 4) is 0 Å². The molecular weight excluding hydrogens is 588 g/mol. The van der Waals surface area contributed by atoms with Crippen LogP contribution in [0.15, 0.2) is 48.6 Å². The summed E-state index contributed by atoms with van der Waals surface area (Å²) in [5.41, 5.74) is 0. The van der Waals surface area contributed by atoms with Crippen molar-refractivity contribution < 1.29 is 9.47 Å². The first-order chi connectivity index (χ1) is 23.8. The van der Waals surface area contributed by atoms with Crippen LogP contribution in [0.4, 0.5) is 0 Å². The maximum absolute atomic E-state index is 6.42. The maximum Gasteiger partial charge on any atom is 0.0934 e. The van der Waals surface area contributed by atoms with Gasteiger partial charge < -0.3 is 14.4 Å². The topological polar surface area (TPSA) is 24.9 Å². The number of hydrogen-bond donors (Lipinski definition) is 0. The van der Waals surface area contributed by atoms with Crippen LogP contribution in [0, 0.1) is 0 Å². The summed E-state index contributed by atoms with van der Waals surface area (Å²) in [5.74, 6) is 0. The van der Waals surface area contributed by atoms with Crippen molar-refractivity contribution in [2.45, 2.75) is 174 Å². The van der Waals surface area contributed by atoms with Gasteiger partial charge in [-0.1, -0.05) is 140 Å². The first-order valence-electron chi connectivity index (χ1n) is 21.0. The fraction of sp³-hybridized carbons (Fsp3) is 0.818. The average molecular weight is 671 g/mol. The molecule has 0 amide bonds. The van der Waals surface area contributed by atoms with E-state index in [9.17, 15) is 0 Å². The van der Waals surface area contributed by atoms with Gasteiger partial charge in [-0.15, -0.1) is 0 Å². The third-order valence-corrected chi connectivity index (χ3v) is 9.55. The Labute approximate surface area is 300 Å². The minimum atomic E-state index is 0.205. The Morgan fingerprint density at radius 1 is 0.479 bits per heavy atom. The number of hydrogen-bond acceptors (Lipinski definition) is 4. The molecule has 0 radical (unpaired) electrons. The second-order valence-corrected chi connectivity index (χ2v) is 14.3. The van der Waals surface area contributed by atoms with Gasteiger partial charge in [0.15, 0.2) is 0 Å². The van der Waals surface area contributed by atoms with Gasteiger partial charge >= 0.3 is 0 Å². The number of unbranched alkanes of at least 4 members (excludes halogenated alkanes) is 18. The molecular formula is C44H82N2O2. The van der Waals surface area contributed by atoms with E-state index >= 15 is 0 Å². The van der Waals surface area contributed by atoms with E-state index in [2.05, 4.69) is 79.3 Å². The van der Waals surface area contributed by atoms with Crippen LogP contribution in [0.5, 0.6) is 0 Å². The van der Waals surface area contributed by atoms with Crippen LogP contribution in [0.25, 0.3) is 0 Å². The van der Waals surface area contributed by atoms with Crippen LogP contribution in [0.3, 0.4) is 0 Å². The minimum absolute atomic E-state index is 0.205. The lowest BCUT2D eigenvalue weighted by atomic mass is 10.1. The highest BCUT2D eigenvalue weighted by molar-refractivity contribution is 4.93. The standard InChI is InChI=1S/C44H82N2O2/c1-4-6-8-10-12-14-16-18-20-22-24-26-28-30-32-34-40-47-43-44(42-46-38-36-45(3)37-39-46)48-41-35-33-31-29-27-25-23-21-19-17-15-13-11-9-7-5-2/h12-15,18-21,44H,4-11,16-17,22-43H2,1-3H3. The number of allylic oxidation sites excluding steroid dienone is 8. The summed E-state index contributed by atoms with van der Waals surface area (Å²) in [5, 5.41) is 0. The van der Waals surface area contributed by atoms with Crippen molar-refractivity contribution in [3.05, 3.63) is 48.6 Å². The molecule has 1 rings (SSSR count). The zero-order chi connectivity index (χ0) is 34.4. The smallest absolute Gasteiger partial charge is 0.0934 e. The van der Waals surface area contributed by atoms with E-state index in [1.165, 1.54) is 141 Å². The van der Waals surface area contributed by atoms with E-state index in [0.29, 0.717) is 0 Å². The minimum Gasteiger partial charge on any atom is -0.379 e. The zero-order valence-electron chi connectivity index (χ0n) is 32.5. The molecule has 1 atom stereocenters. The largest absolute Gasteiger partial charge is 0.379 e. The van der Waals surface area contributed by atoms with Crippen LogP contribution in [0.1, 0.15) is 168 Å². The Morgan fingerprint density at radius 2 is 0.896 bits per heavy atom. The second kappa shape index (κ2) is 37.1. The fourth-order valence-electron chi connectivity index (χ4n) is 6.22. The first kappa shape index (κ1) is 44.8. The molecule has 0 bridgehead atoms. The van der Waals surface area contributed by atoms with Crippen LogP contribution in [0.2, 0.25) is 0 Å². The summed E-state index contributed by atoms with van der Waals surface area (Å²) >= 11 is 0. The SMILES string of the molecule is CCCCCC=CCC=CCCCCCCCCOCC(CN1CCN(C)CC1)OCCCCCCCCC=CCC=CCCCCC. The van der Waals surface area contributed by atoms with Crippen molar-refractivity contribution >= 4 is 0 Å². The molecule has 1 saturated heterocycles.